The molecule has 0 aromatic heterocycles. The average Bonchev–Trinajstić information content (AvgIpc) is 2.63. The van der Waals surface area contributed by atoms with Crippen molar-refractivity contribution in [3.63, 3.8) is 0 Å². The highest BCUT2D eigenvalue weighted by Gasteiger charge is 2.30. The summed E-state index contributed by atoms with van der Waals surface area (Å²) in [5.74, 6) is 2.23. The molecule has 2 saturated heterocycles. The summed E-state index contributed by atoms with van der Waals surface area (Å²) in [6, 6.07) is 6.18. The lowest BCUT2D eigenvalue weighted by Crippen LogP contribution is -2.53. The highest BCUT2D eigenvalue weighted by molar-refractivity contribution is 7.99. The van der Waals surface area contributed by atoms with E-state index in [2.05, 4.69) is 4.90 Å². The van der Waals surface area contributed by atoms with Crippen LogP contribution in [-0.4, -0.2) is 85.7 Å². The van der Waals surface area contributed by atoms with Crippen LogP contribution in [-0.2, 0) is 14.8 Å². The van der Waals surface area contributed by atoms with Crippen molar-refractivity contribution in [1.82, 2.24) is 14.1 Å². The van der Waals surface area contributed by atoms with E-state index in [4.69, 9.17) is 11.6 Å². The zero-order valence-electron chi connectivity index (χ0n) is 13.9. The first-order chi connectivity index (χ1) is 12.0. The number of carbonyl (C=O) groups is 1. The topological polar surface area (TPSA) is 60.9 Å². The molecule has 0 N–H and O–H groups in total. The first kappa shape index (κ1) is 19.0. The normalized spacial score (nSPS) is 20.6. The van der Waals surface area contributed by atoms with Crippen LogP contribution in [0.15, 0.2) is 29.2 Å². The molecule has 2 aliphatic rings. The third-order valence-electron chi connectivity index (χ3n) is 4.51. The van der Waals surface area contributed by atoms with Gasteiger partial charge in [0.25, 0.3) is 0 Å². The molecule has 2 heterocycles. The van der Waals surface area contributed by atoms with Crippen molar-refractivity contribution in [2.45, 2.75) is 4.90 Å². The summed E-state index contributed by atoms with van der Waals surface area (Å²) < 4.78 is 26.8. The van der Waals surface area contributed by atoms with Gasteiger partial charge in [-0.1, -0.05) is 11.6 Å². The van der Waals surface area contributed by atoms with Gasteiger partial charge >= 0.3 is 0 Å². The smallest absolute Gasteiger partial charge is 0.243 e. The summed E-state index contributed by atoms with van der Waals surface area (Å²) >= 11 is 7.74. The molecule has 6 nitrogen and oxygen atoms in total. The van der Waals surface area contributed by atoms with Crippen LogP contribution < -0.4 is 0 Å². The number of hydrogen-bond acceptors (Lipinski definition) is 5. The first-order valence-electron chi connectivity index (χ1n) is 8.30. The number of benzene rings is 1. The molecular formula is C16H22ClN3O3S2. The van der Waals surface area contributed by atoms with Crippen LogP contribution in [0.1, 0.15) is 0 Å². The summed E-state index contributed by atoms with van der Waals surface area (Å²) in [5.41, 5.74) is 0. The van der Waals surface area contributed by atoms with Gasteiger partial charge in [0.05, 0.1) is 11.4 Å². The van der Waals surface area contributed by atoms with Crippen LogP contribution in [0.4, 0.5) is 0 Å². The number of nitrogens with zero attached hydrogens (tertiary/aromatic N) is 3. The SMILES string of the molecule is O=C(CN1CCSCC1)N1CCN(S(=O)(=O)c2ccc(Cl)cc2)CC1. The average molecular weight is 404 g/mol. The summed E-state index contributed by atoms with van der Waals surface area (Å²) in [4.78, 5) is 16.6. The zero-order chi connectivity index (χ0) is 17.9. The fraction of sp³-hybridized carbons (Fsp3) is 0.562. The zero-order valence-corrected chi connectivity index (χ0v) is 16.3. The predicted molar refractivity (Wildman–Crippen MR) is 101 cm³/mol. The number of hydrogen-bond donors (Lipinski definition) is 0. The third-order valence-corrected chi connectivity index (χ3v) is 7.61. The van der Waals surface area contributed by atoms with E-state index >= 15 is 0 Å². The van der Waals surface area contributed by atoms with Gasteiger partial charge in [-0.25, -0.2) is 8.42 Å². The van der Waals surface area contributed by atoms with Crippen molar-refractivity contribution in [3.8, 4) is 0 Å². The summed E-state index contributed by atoms with van der Waals surface area (Å²) in [5, 5.41) is 0.505. The Morgan fingerprint density at radius 3 is 2.20 bits per heavy atom. The molecule has 0 spiro atoms. The Hall–Kier alpha value is -0.800. The van der Waals surface area contributed by atoms with Crippen LogP contribution in [0.5, 0.6) is 0 Å². The van der Waals surface area contributed by atoms with Crippen LogP contribution >= 0.6 is 23.4 Å². The monoisotopic (exact) mass is 403 g/mol. The maximum absolute atomic E-state index is 12.7. The molecule has 25 heavy (non-hydrogen) atoms. The highest BCUT2D eigenvalue weighted by atomic mass is 35.5. The van der Waals surface area contributed by atoms with Crippen molar-refractivity contribution in [2.75, 3.05) is 57.3 Å². The number of piperazine rings is 1. The molecule has 0 radical (unpaired) electrons. The number of carbonyl (C=O) groups excluding carboxylic acids is 1. The number of amides is 1. The van der Waals surface area contributed by atoms with Crippen molar-refractivity contribution in [3.05, 3.63) is 29.3 Å². The van der Waals surface area contributed by atoms with Crippen molar-refractivity contribution in [2.24, 2.45) is 0 Å². The van der Waals surface area contributed by atoms with E-state index in [1.165, 1.54) is 16.4 Å². The minimum atomic E-state index is -3.53. The lowest BCUT2D eigenvalue weighted by atomic mass is 10.3. The van der Waals surface area contributed by atoms with Crippen LogP contribution in [0.2, 0.25) is 5.02 Å². The Morgan fingerprint density at radius 2 is 1.60 bits per heavy atom. The van der Waals surface area contributed by atoms with E-state index < -0.39 is 10.0 Å². The van der Waals surface area contributed by atoms with Gasteiger partial charge < -0.3 is 4.90 Å². The summed E-state index contributed by atoms with van der Waals surface area (Å²) in [7, 11) is -3.53. The van der Waals surface area contributed by atoms with E-state index in [1.807, 2.05) is 11.8 Å². The molecule has 1 aromatic rings. The van der Waals surface area contributed by atoms with Crippen molar-refractivity contribution < 1.29 is 13.2 Å². The largest absolute Gasteiger partial charge is 0.339 e. The first-order valence-corrected chi connectivity index (χ1v) is 11.3. The van der Waals surface area contributed by atoms with E-state index in [9.17, 15) is 13.2 Å². The fourth-order valence-electron chi connectivity index (χ4n) is 2.98. The molecule has 0 atom stereocenters. The van der Waals surface area contributed by atoms with Crippen molar-refractivity contribution >= 4 is 39.3 Å². The maximum Gasteiger partial charge on any atom is 0.243 e. The van der Waals surface area contributed by atoms with Gasteiger partial charge in [0.15, 0.2) is 0 Å². The van der Waals surface area contributed by atoms with E-state index in [-0.39, 0.29) is 10.8 Å². The molecule has 9 heteroatoms. The Morgan fingerprint density at radius 1 is 1.00 bits per heavy atom. The minimum Gasteiger partial charge on any atom is -0.339 e. The quantitative estimate of drug-likeness (QED) is 0.756. The van der Waals surface area contributed by atoms with Gasteiger partial charge in [-0.2, -0.15) is 16.1 Å². The van der Waals surface area contributed by atoms with Gasteiger partial charge in [0, 0.05) is 55.8 Å². The highest BCUT2D eigenvalue weighted by Crippen LogP contribution is 2.20. The summed E-state index contributed by atoms with van der Waals surface area (Å²) in [6.07, 6.45) is 0. The second-order valence-corrected chi connectivity index (χ2v) is 9.73. The molecule has 138 valence electrons. The van der Waals surface area contributed by atoms with Crippen LogP contribution in [0.25, 0.3) is 0 Å². The molecule has 0 aliphatic carbocycles. The molecule has 0 saturated carbocycles. The van der Waals surface area contributed by atoms with Crippen molar-refractivity contribution in [1.29, 1.82) is 0 Å². The fourth-order valence-corrected chi connectivity index (χ4v) is 5.51. The molecule has 1 amide bonds. The Balaban J connectivity index is 1.55. The molecule has 0 bridgehead atoms. The molecule has 1 aromatic carbocycles. The maximum atomic E-state index is 12.7. The molecule has 0 unspecified atom stereocenters. The number of thioether (sulfide) groups is 1. The van der Waals surface area contributed by atoms with Gasteiger partial charge in [-0.3, -0.25) is 9.69 Å². The van der Waals surface area contributed by atoms with Gasteiger partial charge in [-0.15, -0.1) is 0 Å². The molecular weight excluding hydrogens is 382 g/mol. The van der Waals surface area contributed by atoms with Crippen LogP contribution in [0.3, 0.4) is 0 Å². The standard InChI is InChI=1S/C16H22ClN3O3S2/c17-14-1-3-15(4-2-14)25(22,23)20-7-5-19(6-8-20)16(21)13-18-9-11-24-12-10-18/h1-4H,5-13H2. The van der Waals surface area contributed by atoms with E-state index in [0.717, 1.165) is 24.6 Å². The second-order valence-electron chi connectivity index (χ2n) is 6.13. The Bertz CT molecular complexity index is 698. The summed E-state index contributed by atoms with van der Waals surface area (Å²) in [6.45, 7) is 3.86. The third kappa shape index (κ3) is 4.68. The lowest BCUT2D eigenvalue weighted by Gasteiger charge is -2.35. The number of halogens is 1. The van der Waals surface area contributed by atoms with Gasteiger partial charge in [0.2, 0.25) is 15.9 Å². The minimum absolute atomic E-state index is 0.0930. The molecule has 3 rings (SSSR count). The van der Waals surface area contributed by atoms with Crippen LogP contribution in [0, 0.1) is 0 Å². The van der Waals surface area contributed by atoms with Gasteiger partial charge in [-0.05, 0) is 24.3 Å². The Labute approximate surface area is 158 Å². The van der Waals surface area contributed by atoms with E-state index in [1.54, 1.807) is 17.0 Å². The second kappa shape index (κ2) is 8.26. The lowest BCUT2D eigenvalue weighted by molar-refractivity contribution is -0.133. The number of rotatable bonds is 4. The molecule has 2 fully saturated rings. The van der Waals surface area contributed by atoms with E-state index in [0.29, 0.717) is 37.7 Å². The Kier molecular flexibility index (Phi) is 6.27. The van der Waals surface area contributed by atoms with Gasteiger partial charge in [0.1, 0.15) is 0 Å². The molecule has 2 aliphatic heterocycles. The predicted octanol–water partition coefficient (Wildman–Crippen LogP) is 1.22. The number of sulfonamides is 1.